The number of likely N-dealkylation sites (N-methyl/N-ethyl adjacent to an activating group) is 1. The summed E-state index contributed by atoms with van der Waals surface area (Å²) in [4.78, 5) is 17.3. The van der Waals surface area contributed by atoms with Crippen LogP contribution < -0.4 is 5.32 Å². The Morgan fingerprint density at radius 3 is 2.29 bits per heavy atom. The van der Waals surface area contributed by atoms with Crippen molar-refractivity contribution >= 4 is 5.91 Å². The number of hydrogen-bond acceptors (Lipinski definition) is 3. The van der Waals surface area contributed by atoms with Crippen molar-refractivity contribution in [3.05, 3.63) is 35.9 Å². The Bertz CT molecular complexity index is 481. The van der Waals surface area contributed by atoms with Gasteiger partial charge in [-0.2, -0.15) is 0 Å². The highest BCUT2D eigenvalue weighted by atomic mass is 16.1. The first-order chi connectivity index (χ1) is 11.6. The van der Waals surface area contributed by atoms with Gasteiger partial charge in [-0.1, -0.05) is 51.1 Å². The lowest BCUT2D eigenvalue weighted by atomic mass is 9.97. The van der Waals surface area contributed by atoms with E-state index in [4.69, 9.17) is 0 Å². The van der Waals surface area contributed by atoms with Gasteiger partial charge in [0.05, 0.1) is 6.04 Å². The third kappa shape index (κ3) is 6.25. The third-order valence-corrected chi connectivity index (χ3v) is 4.81. The standard InChI is InChI=1S/C20H33N3O/c1-4-22-12-14-23(15-13-22)11-10-20(24)21-19(16-17(2)3)18-8-6-5-7-9-18/h5-9,17,19H,4,10-16H2,1-3H3,(H,21,24)/t19-/m1/s1. The highest BCUT2D eigenvalue weighted by molar-refractivity contribution is 5.76. The van der Waals surface area contributed by atoms with Crippen LogP contribution in [0.5, 0.6) is 0 Å². The van der Waals surface area contributed by atoms with Crippen LogP contribution in [0.4, 0.5) is 0 Å². The molecule has 2 rings (SSSR count). The molecule has 1 aliphatic rings. The largest absolute Gasteiger partial charge is 0.349 e. The molecule has 1 atom stereocenters. The van der Waals surface area contributed by atoms with E-state index in [1.165, 1.54) is 5.56 Å². The van der Waals surface area contributed by atoms with E-state index in [1.807, 2.05) is 18.2 Å². The number of nitrogens with zero attached hydrogens (tertiary/aromatic N) is 2. The van der Waals surface area contributed by atoms with Crippen LogP contribution in [0.2, 0.25) is 0 Å². The molecule has 1 saturated heterocycles. The van der Waals surface area contributed by atoms with Crippen LogP contribution in [-0.2, 0) is 4.79 Å². The molecule has 24 heavy (non-hydrogen) atoms. The summed E-state index contributed by atoms with van der Waals surface area (Å²) in [6, 6.07) is 10.4. The monoisotopic (exact) mass is 331 g/mol. The lowest BCUT2D eigenvalue weighted by molar-refractivity contribution is -0.122. The van der Waals surface area contributed by atoms with Crippen LogP contribution in [0.15, 0.2) is 30.3 Å². The van der Waals surface area contributed by atoms with E-state index in [0.717, 1.165) is 45.7 Å². The Morgan fingerprint density at radius 1 is 1.08 bits per heavy atom. The molecule has 0 unspecified atom stereocenters. The SMILES string of the molecule is CCN1CCN(CCC(=O)N[C@H](CC(C)C)c2ccccc2)CC1. The second-order valence-corrected chi connectivity index (χ2v) is 7.19. The fourth-order valence-corrected chi connectivity index (χ4v) is 3.29. The Hall–Kier alpha value is -1.39. The maximum Gasteiger partial charge on any atom is 0.221 e. The molecular formula is C20H33N3O. The molecular weight excluding hydrogens is 298 g/mol. The molecule has 1 fully saturated rings. The predicted molar refractivity (Wildman–Crippen MR) is 100.0 cm³/mol. The van der Waals surface area contributed by atoms with Crippen LogP contribution in [0.1, 0.15) is 45.2 Å². The number of benzene rings is 1. The number of rotatable bonds is 8. The van der Waals surface area contributed by atoms with Crippen LogP contribution in [-0.4, -0.2) is 55.0 Å². The van der Waals surface area contributed by atoms with E-state index < -0.39 is 0 Å². The van der Waals surface area contributed by atoms with Gasteiger partial charge < -0.3 is 15.1 Å². The molecule has 0 spiro atoms. The van der Waals surface area contributed by atoms with Crippen molar-refractivity contribution in [1.82, 2.24) is 15.1 Å². The predicted octanol–water partition coefficient (Wildman–Crippen LogP) is 2.92. The molecule has 0 aliphatic carbocycles. The van der Waals surface area contributed by atoms with Crippen LogP contribution in [0, 0.1) is 5.92 Å². The number of carbonyl (C=O) groups is 1. The zero-order valence-electron chi connectivity index (χ0n) is 15.5. The van der Waals surface area contributed by atoms with E-state index in [1.54, 1.807) is 0 Å². The number of hydrogen-bond donors (Lipinski definition) is 1. The fourth-order valence-electron chi connectivity index (χ4n) is 3.29. The Morgan fingerprint density at radius 2 is 1.71 bits per heavy atom. The molecule has 1 aromatic carbocycles. The minimum atomic E-state index is 0.121. The van der Waals surface area contributed by atoms with Crippen LogP contribution in [0.25, 0.3) is 0 Å². The van der Waals surface area contributed by atoms with Gasteiger partial charge in [0.2, 0.25) is 5.91 Å². The maximum atomic E-state index is 12.4. The summed E-state index contributed by atoms with van der Waals surface area (Å²) in [6.07, 6.45) is 1.57. The summed E-state index contributed by atoms with van der Waals surface area (Å²) in [7, 11) is 0. The number of amides is 1. The number of carbonyl (C=O) groups excluding carboxylic acids is 1. The van der Waals surface area contributed by atoms with Gasteiger partial charge in [-0.3, -0.25) is 4.79 Å². The molecule has 0 aromatic heterocycles. The Kier molecular flexibility index (Phi) is 7.73. The van der Waals surface area contributed by atoms with Crippen molar-refractivity contribution in [2.45, 2.75) is 39.7 Å². The van der Waals surface area contributed by atoms with Crippen molar-refractivity contribution in [1.29, 1.82) is 0 Å². The molecule has 4 heteroatoms. The first-order valence-electron chi connectivity index (χ1n) is 9.37. The zero-order chi connectivity index (χ0) is 17.4. The fraction of sp³-hybridized carbons (Fsp3) is 0.650. The molecule has 0 radical (unpaired) electrons. The van der Waals surface area contributed by atoms with Gasteiger partial charge in [-0.05, 0) is 24.4 Å². The van der Waals surface area contributed by atoms with Crippen LogP contribution >= 0.6 is 0 Å². The van der Waals surface area contributed by atoms with E-state index in [-0.39, 0.29) is 11.9 Å². The first-order valence-corrected chi connectivity index (χ1v) is 9.37. The lowest BCUT2D eigenvalue weighted by Gasteiger charge is -2.34. The van der Waals surface area contributed by atoms with Crippen molar-refractivity contribution in [3.63, 3.8) is 0 Å². The summed E-state index contributed by atoms with van der Waals surface area (Å²) in [5, 5.41) is 3.25. The quantitative estimate of drug-likeness (QED) is 0.795. The average Bonchev–Trinajstić information content (AvgIpc) is 2.60. The van der Waals surface area contributed by atoms with Crippen molar-refractivity contribution < 1.29 is 4.79 Å². The van der Waals surface area contributed by atoms with E-state index >= 15 is 0 Å². The third-order valence-electron chi connectivity index (χ3n) is 4.81. The summed E-state index contributed by atoms with van der Waals surface area (Å²) in [6.45, 7) is 13.0. The topological polar surface area (TPSA) is 35.6 Å². The molecule has 1 aromatic rings. The average molecular weight is 332 g/mol. The molecule has 134 valence electrons. The molecule has 4 nitrogen and oxygen atoms in total. The second-order valence-electron chi connectivity index (χ2n) is 7.19. The van der Waals surface area contributed by atoms with Gasteiger partial charge in [0, 0.05) is 39.1 Å². The van der Waals surface area contributed by atoms with Crippen molar-refractivity contribution in [2.75, 3.05) is 39.3 Å². The lowest BCUT2D eigenvalue weighted by Crippen LogP contribution is -2.47. The molecule has 1 aliphatic heterocycles. The Labute approximate surface area is 147 Å². The van der Waals surface area contributed by atoms with Crippen LogP contribution in [0.3, 0.4) is 0 Å². The smallest absolute Gasteiger partial charge is 0.221 e. The summed E-state index contributed by atoms with van der Waals surface area (Å²) >= 11 is 0. The van der Waals surface area contributed by atoms with E-state index in [2.05, 4.69) is 48.0 Å². The van der Waals surface area contributed by atoms with Gasteiger partial charge in [-0.15, -0.1) is 0 Å². The molecule has 1 N–H and O–H groups in total. The molecule has 0 saturated carbocycles. The highest BCUT2D eigenvalue weighted by Crippen LogP contribution is 2.21. The molecule has 1 heterocycles. The Balaban J connectivity index is 1.80. The maximum absolute atomic E-state index is 12.4. The number of piperazine rings is 1. The highest BCUT2D eigenvalue weighted by Gasteiger charge is 2.18. The zero-order valence-corrected chi connectivity index (χ0v) is 15.5. The van der Waals surface area contributed by atoms with Gasteiger partial charge >= 0.3 is 0 Å². The van der Waals surface area contributed by atoms with Crippen molar-refractivity contribution in [2.24, 2.45) is 5.92 Å². The minimum Gasteiger partial charge on any atom is -0.349 e. The van der Waals surface area contributed by atoms with E-state index in [9.17, 15) is 4.79 Å². The first kappa shape index (κ1) is 18.9. The number of nitrogens with one attached hydrogen (secondary N) is 1. The summed E-state index contributed by atoms with van der Waals surface area (Å²) in [5.74, 6) is 0.722. The minimum absolute atomic E-state index is 0.121. The summed E-state index contributed by atoms with van der Waals surface area (Å²) in [5.41, 5.74) is 1.20. The second kappa shape index (κ2) is 9.80. The van der Waals surface area contributed by atoms with Gasteiger partial charge in [0.15, 0.2) is 0 Å². The van der Waals surface area contributed by atoms with Gasteiger partial charge in [0.25, 0.3) is 0 Å². The van der Waals surface area contributed by atoms with Crippen molar-refractivity contribution in [3.8, 4) is 0 Å². The van der Waals surface area contributed by atoms with Gasteiger partial charge in [-0.25, -0.2) is 0 Å². The summed E-state index contributed by atoms with van der Waals surface area (Å²) < 4.78 is 0. The molecule has 1 amide bonds. The van der Waals surface area contributed by atoms with E-state index in [0.29, 0.717) is 12.3 Å². The van der Waals surface area contributed by atoms with Gasteiger partial charge in [0.1, 0.15) is 0 Å². The molecule has 0 bridgehead atoms. The normalized spacial score (nSPS) is 17.8.